The lowest BCUT2D eigenvalue weighted by molar-refractivity contribution is -0.139. The van der Waals surface area contributed by atoms with Crippen LogP contribution in [0.4, 0.5) is 0 Å². The van der Waals surface area contributed by atoms with Gasteiger partial charge in [0.15, 0.2) is 0 Å². The molecule has 0 bridgehead atoms. The summed E-state index contributed by atoms with van der Waals surface area (Å²) < 4.78 is 0. The van der Waals surface area contributed by atoms with Crippen molar-refractivity contribution in [1.29, 1.82) is 0 Å². The number of nitrogens with zero attached hydrogens (tertiary/aromatic N) is 2. The summed E-state index contributed by atoms with van der Waals surface area (Å²) in [5.41, 5.74) is 7.94. The molecule has 2 atom stereocenters. The van der Waals surface area contributed by atoms with Gasteiger partial charge in [0.2, 0.25) is 5.91 Å². The van der Waals surface area contributed by atoms with E-state index < -0.39 is 0 Å². The highest BCUT2D eigenvalue weighted by Gasteiger charge is 2.44. The predicted molar refractivity (Wildman–Crippen MR) is 103 cm³/mol. The topological polar surface area (TPSA) is 59.2 Å². The van der Waals surface area contributed by atoms with E-state index in [0.717, 1.165) is 32.4 Å². The van der Waals surface area contributed by atoms with Crippen molar-refractivity contribution in [2.24, 2.45) is 23.0 Å². The lowest BCUT2D eigenvalue weighted by Crippen LogP contribution is -2.50. The van der Waals surface area contributed by atoms with Crippen molar-refractivity contribution in [2.45, 2.75) is 70.3 Å². The van der Waals surface area contributed by atoms with E-state index in [0.29, 0.717) is 23.3 Å². The number of hydrogen-bond acceptors (Lipinski definition) is 3. The molecule has 2 heterocycles. The Hall–Kier alpha value is -1.42. The zero-order chi connectivity index (χ0) is 18.0. The summed E-state index contributed by atoms with van der Waals surface area (Å²) in [6.07, 6.45) is 15.5. The molecule has 1 aromatic heterocycles. The molecule has 4 heteroatoms. The van der Waals surface area contributed by atoms with Crippen LogP contribution in [0.3, 0.4) is 0 Å². The molecule has 2 N–H and O–H groups in total. The van der Waals surface area contributed by atoms with Crippen LogP contribution in [0, 0.1) is 17.3 Å². The van der Waals surface area contributed by atoms with Crippen LogP contribution < -0.4 is 5.73 Å². The third kappa shape index (κ3) is 3.53. The SMILES string of the molecule is NC1CCCC12CCN(C(=O)C(Cc1cccnc1)C1CCCC1)CC2. The summed E-state index contributed by atoms with van der Waals surface area (Å²) in [7, 11) is 0. The maximum absolute atomic E-state index is 13.4. The van der Waals surface area contributed by atoms with Crippen molar-refractivity contribution in [1.82, 2.24) is 9.88 Å². The Kier molecular flexibility index (Phi) is 5.30. The van der Waals surface area contributed by atoms with Crippen molar-refractivity contribution in [3.8, 4) is 0 Å². The fourth-order valence-electron chi connectivity index (χ4n) is 5.78. The molecule has 1 amide bonds. The maximum Gasteiger partial charge on any atom is 0.226 e. The molecule has 3 aliphatic rings. The molecule has 2 saturated carbocycles. The number of piperidine rings is 1. The molecule has 1 aliphatic heterocycles. The van der Waals surface area contributed by atoms with Gasteiger partial charge in [0.25, 0.3) is 0 Å². The van der Waals surface area contributed by atoms with Crippen molar-refractivity contribution in [3.63, 3.8) is 0 Å². The molecule has 26 heavy (non-hydrogen) atoms. The first-order valence-corrected chi connectivity index (χ1v) is 10.6. The standard InChI is InChI=1S/C22H33N3O/c23-20-8-3-9-22(20)10-13-25(14-11-22)21(26)19(18-6-1-2-7-18)15-17-5-4-12-24-16-17/h4-5,12,16,18-20H,1-3,6-11,13-15,23H2. The van der Waals surface area contributed by atoms with Crippen LogP contribution in [0.5, 0.6) is 0 Å². The Balaban J connectivity index is 1.44. The normalized spacial score (nSPS) is 27.1. The number of likely N-dealkylation sites (tertiary alicyclic amines) is 1. The van der Waals surface area contributed by atoms with Gasteiger partial charge in [-0.25, -0.2) is 0 Å². The number of hydrogen-bond donors (Lipinski definition) is 1. The average molecular weight is 356 g/mol. The molecule has 3 fully saturated rings. The van der Waals surface area contributed by atoms with E-state index in [-0.39, 0.29) is 5.92 Å². The van der Waals surface area contributed by atoms with Crippen LogP contribution in [0.25, 0.3) is 0 Å². The Morgan fingerprint density at radius 2 is 1.96 bits per heavy atom. The van der Waals surface area contributed by atoms with Gasteiger partial charge in [0.05, 0.1) is 0 Å². The number of aromatic nitrogens is 1. The second kappa shape index (κ2) is 7.67. The highest BCUT2D eigenvalue weighted by Crippen LogP contribution is 2.46. The molecule has 1 spiro atoms. The van der Waals surface area contributed by atoms with Gasteiger partial charge in [-0.2, -0.15) is 0 Å². The number of rotatable bonds is 4. The van der Waals surface area contributed by atoms with E-state index in [4.69, 9.17) is 5.73 Å². The molecule has 4 rings (SSSR count). The molecular weight excluding hydrogens is 322 g/mol. The van der Waals surface area contributed by atoms with E-state index >= 15 is 0 Å². The van der Waals surface area contributed by atoms with E-state index in [9.17, 15) is 4.79 Å². The van der Waals surface area contributed by atoms with Crippen molar-refractivity contribution < 1.29 is 4.79 Å². The highest BCUT2D eigenvalue weighted by atomic mass is 16.2. The Labute approximate surface area is 157 Å². The summed E-state index contributed by atoms with van der Waals surface area (Å²) in [5.74, 6) is 1.07. The van der Waals surface area contributed by atoms with Crippen LogP contribution in [-0.4, -0.2) is 34.9 Å². The number of pyridine rings is 1. The van der Waals surface area contributed by atoms with E-state index in [1.807, 2.05) is 18.5 Å². The average Bonchev–Trinajstić information content (AvgIpc) is 3.32. The van der Waals surface area contributed by atoms with E-state index in [1.165, 1.54) is 50.5 Å². The summed E-state index contributed by atoms with van der Waals surface area (Å²) in [4.78, 5) is 19.9. The zero-order valence-electron chi connectivity index (χ0n) is 15.9. The molecule has 0 aromatic carbocycles. The lowest BCUT2D eigenvalue weighted by Gasteiger charge is -2.43. The molecule has 4 nitrogen and oxygen atoms in total. The van der Waals surface area contributed by atoms with Gasteiger partial charge in [0.1, 0.15) is 0 Å². The number of carbonyl (C=O) groups is 1. The molecular formula is C22H33N3O. The first kappa shape index (κ1) is 18.0. The van der Waals surface area contributed by atoms with E-state index in [2.05, 4.69) is 16.0 Å². The van der Waals surface area contributed by atoms with Crippen molar-refractivity contribution in [3.05, 3.63) is 30.1 Å². The van der Waals surface area contributed by atoms with Gasteiger partial charge in [-0.3, -0.25) is 9.78 Å². The van der Waals surface area contributed by atoms with Crippen LogP contribution in [-0.2, 0) is 11.2 Å². The smallest absolute Gasteiger partial charge is 0.226 e. The van der Waals surface area contributed by atoms with Crippen LogP contribution in [0.2, 0.25) is 0 Å². The van der Waals surface area contributed by atoms with Crippen molar-refractivity contribution in [2.75, 3.05) is 13.1 Å². The van der Waals surface area contributed by atoms with Crippen LogP contribution >= 0.6 is 0 Å². The summed E-state index contributed by atoms with van der Waals surface area (Å²) in [6, 6.07) is 4.45. The third-order valence-corrected chi connectivity index (χ3v) is 7.51. The summed E-state index contributed by atoms with van der Waals surface area (Å²) >= 11 is 0. The minimum absolute atomic E-state index is 0.132. The molecule has 2 aliphatic carbocycles. The summed E-state index contributed by atoms with van der Waals surface area (Å²) in [6.45, 7) is 1.81. The molecule has 1 aromatic rings. The van der Waals surface area contributed by atoms with Crippen molar-refractivity contribution >= 4 is 5.91 Å². The zero-order valence-corrected chi connectivity index (χ0v) is 15.9. The fourth-order valence-corrected chi connectivity index (χ4v) is 5.78. The summed E-state index contributed by atoms with van der Waals surface area (Å²) in [5, 5.41) is 0. The number of amides is 1. The third-order valence-electron chi connectivity index (χ3n) is 7.51. The van der Waals surface area contributed by atoms with Crippen LogP contribution in [0.15, 0.2) is 24.5 Å². The first-order chi connectivity index (χ1) is 12.7. The van der Waals surface area contributed by atoms with E-state index in [1.54, 1.807) is 0 Å². The predicted octanol–water partition coefficient (Wildman–Crippen LogP) is 3.55. The molecule has 142 valence electrons. The molecule has 0 radical (unpaired) electrons. The van der Waals surface area contributed by atoms with Gasteiger partial charge in [-0.15, -0.1) is 0 Å². The monoisotopic (exact) mass is 355 g/mol. The minimum Gasteiger partial charge on any atom is -0.342 e. The molecule has 2 unspecified atom stereocenters. The van der Waals surface area contributed by atoms with Gasteiger partial charge < -0.3 is 10.6 Å². The van der Waals surface area contributed by atoms with Gasteiger partial charge in [-0.1, -0.05) is 25.3 Å². The second-order valence-corrected chi connectivity index (χ2v) is 8.90. The minimum atomic E-state index is 0.132. The molecule has 1 saturated heterocycles. The van der Waals surface area contributed by atoms with Gasteiger partial charge in [0, 0.05) is 37.4 Å². The number of carbonyl (C=O) groups excluding carboxylic acids is 1. The van der Waals surface area contributed by atoms with Crippen LogP contribution in [0.1, 0.15) is 63.4 Å². The Bertz CT molecular complexity index is 603. The largest absolute Gasteiger partial charge is 0.342 e. The Morgan fingerprint density at radius 3 is 2.58 bits per heavy atom. The Morgan fingerprint density at radius 1 is 1.19 bits per heavy atom. The quantitative estimate of drug-likeness (QED) is 0.898. The first-order valence-electron chi connectivity index (χ1n) is 10.6. The maximum atomic E-state index is 13.4. The second-order valence-electron chi connectivity index (χ2n) is 8.90. The highest BCUT2D eigenvalue weighted by molar-refractivity contribution is 5.79. The number of nitrogens with two attached hydrogens (primary N) is 1. The van der Waals surface area contributed by atoms with Gasteiger partial charge >= 0.3 is 0 Å². The van der Waals surface area contributed by atoms with Gasteiger partial charge in [-0.05, 0) is 67.9 Å². The lowest BCUT2D eigenvalue weighted by atomic mass is 9.74. The fraction of sp³-hybridized carbons (Fsp3) is 0.727.